The number of hydrogen-bond donors (Lipinski definition) is 1. The van der Waals surface area contributed by atoms with Crippen LogP contribution in [0.25, 0.3) is 0 Å². The Bertz CT molecular complexity index is 1090. The third-order valence-corrected chi connectivity index (χ3v) is 7.09. The van der Waals surface area contributed by atoms with E-state index in [0.29, 0.717) is 18.8 Å². The number of piperazine rings is 1. The summed E-state index contributed by atoms with van der Waals surface area (Å²) < 4.78 is 41.4. The summed E-state index contributed by atoms with van der Waals surface area (Å²) in [4.78, 5) is 46.5. The summed E-state index contributed by atoms with van der Waals surface area (Å²) >= 11 is 0. The molecule has 3 aliphatic heterocycles. The van der Waals surface area contributed by atoms with E-state index in [1.807, 2.05) is 0 Å². The van der Waals surface area contributed by atoms with E-state index >= 15 is 0 Å². The number of hydrogen-bond acceptors (Lipinski definition) is 4. The first-order chi connectivity index (χ1) is 17.1. The summed E-state index contributed by atoms with van der Waals surface area (Å²) in [6, 6.07) is 2.13. The van der Waals surface area contributed by atoms with Crippen molar-refractivity contribution >= 4 is 17.8 Å². The van der Waals surface area contributed by atoms with E-state index in [9.17, 15) is 27.6 Å². The highest BCUT2D eigenvalue weighted by Crippen LogP contribution is 2.42. The zero-order valence-corrected chi connectivity index (χ0v) is 20.3. The zero-order valence-electron chi connectivity index (χ0n) is 20.3. The number of amides is 4. The maximum absolute atomic E-state index is 13.8. The van der Waals surface area contributed by atoms with E-state index in [4.69, 9.17) is 0 Å². The molecule has 1 saturated heterocycles. The number of rotatable bonds is 6. The van der Waals surface area contributed by atoms with Crippen LogP contribution in [0.2, 0.25) is 0 Å². The second-order valence-electron chi connectivity index (χ2n) is 9.10. The number of urea groups is 1. The first-order valence-corrected chi connectivity index (χ1v) is 12.0. The van der Waals surface area contributed by atoms with E-state index in [-0.39, 0.29) is 30.1 Å². The lowest BCUT2D eigenvalue weighted by Crippen LogP contribution is -2.54. The van der Waals surface area contributed by atoms with Crippen molar-refractivity contribution in [2.45, 2.75) is 32.1 Å². The molecule has 0 spiro atoms. The molecule has 4 amide bonds. The molecule has 11 heteroatoms. The fraction of sp³-hybridized carbons (Fsp3) is 0.480. The second kappa shape index (κ2) is 9.96. The standard InChI is InChI=1S/C25H30F3N5O3/c1-4-10-32-19-15-33(16(3)22(34)31-13-11-30(5-2)12-14-31)23(35)20(19)21(29-24(32)36)17-8-6-7-9-18(17)25(26,27)28/h4,6-9,16,21H,1,5,10-15H2,2-3H3,(H,29,36). The quantitative estimate of drug-likeness (QED) is 0.604. The summed E-state index contributed by atoms with van der Waals surface area (Å²) in [7, 11) is 0. The molecule has 1 N–H and O–H groups in total. The van der Waals surface area contributed by atoms with Gasteiger partial charge in [-0.05, 0) is 25.1 Å². The van der Waals surface area contributed by atoms with Gasteiger partial charge in [-0.3, -0.25) is 14.5 Å². The Kier molecular flexibility index (Phi) is 7.12. The molecule has 0 radical (unpaired) electrons. The van der Waals surface area contributed by atoms with Gasteiger partial charge in [-0.15, -0.1) is 6.58 Å². The van der Waals surface area contributed by atoms with Gasteiger partial charge in [-0.2, -0.15) is 13.2 Å². The summed E-state index contributed by atoms with van der Waals surface area (Å²) in [5.41, 5.74) is -0.804. The molecule has 2 unspecified atom stereocenters. The van der Waals surface area contributed by atoms with Crippen LogP contribution in [0.4, 0.5) is 18.0 Å². The molecule has 0 bridgehead atoms. The smallest absolute Gasteiger partial charge is 0.338 e. The molecule has 36 heavy (non-hydrogen) atoms. The van der Waals surface area contributed by atoms with Crippen LogP contribution in [-0.2, 0) is 15.8 Å². The lowest BCUT2D eigenvalue weighted by atomic mass is 9.91. The number of benzene rings is 1. The van der Waals surface area contributed by atoms with Crippen LogP contribution in [0.5, 0.6) is 0 Å². The molecule has 1 aromatic carbocycles. The van der Waals surface area contributed by atoms with Gasteiger partial charge in [0.25, 0.3) is 5.91 Å². The molecule has 1 aromatic rings. The normalized spacial score (nSPS) is 22.0. The van der Waals surface area contributed by atoms with Crippen molar-refractivity contribution < 1.29 is 27.6 Å². The Hall–Kier alpha value is -3.34. The number of alkyl halides is 3. The summed E-state index contributed by atoms with van der Waals surface area (Å²) in [5, 5.41) is 2.58. The lowest BCUT2D eigenvalue weighted by Gasteiger charge is -2.37. The highest BCUT2D eigenvalue weighted by Gasteiger charge is 2.48. The summed E-state index contributed by atoms with van der Waals surface area (Å²) in [6.45, 7) is 10.8. The number of halogens is 3. The molecule has 0 aliphatic carbocycles. The van der Waals surface area contributed by atoms with Gasteiger partial charge in [0, 0.05) is 32.7 Å². The molecule has 0 aromatic heterocycles. The van der Waals surface area contributed by atoms with Crippen molar-refractivity contribution in [2.75, 3.05) is 45.8 Å². The SMILES string of the molecule is C=CCN1C(=O)NC(c2ccccc2C(F)(F)F)C2=C1CN(C(C)C(=O)N1CCN(CC)CC1)C2=O. The Morgan fingerprint density at radius 3 is 2.47 bits per heavy atom. The van der Waals surface area contributed by atoms with Gasteiger partial charge in [-0.1, -0.05) is 31.2 Å². The predicted molar refractivity (Wildman–Crippen MR) is 127 cm³/mol. The molecule has 1 fully saturated rings. The largest absolute Gasteiger partial charge is 0.416 e. The van der Waals surface area contributed by atoms with Gasteiger partial charge in [0.05, 0.1) is 29.4 Å². The Balaban J connectivity index is 1.67. The van der Waals surface area contributed by atoms with Crippen LogP contribution >= 0.6 is 0 Å². The van der Waals surface area contributed by atoms with Crippen LogP contribution in [-0.4, -0.2) is 89.3 Å². The van der Waals surface area contributed by atoms with Gasteiger partial charge in [0.2, 0.25) is 5.91 Å². The minimum absolute atomic E-state index is 0.0450. The molecule has 2 atom stereocenters. The molecule has 3 heterocycles. The van der Waals surface area contributed by atoms with Crippen LogP contribution in [0, 0.1) is 0 Å². The average Bonchev–Trinajstić information content (AvgIpc) is 3.21. The first kappa shape index (κ1) is 25.7. The Morgan fingerprint density at radius 2 is 1.86 bits per heavy atom. The number of nitrogens with zero attached hydrogens (tertiary/aromatic N) is 4. The van der Waals surface area contributed by atoms with E-state index in [2.05, 4.69) is 23.7 Å². The second-order valence-corrected chi connectivity index (χ2v) is 9.10. The van der Waals surface area contributed by atoms with Gasteiger partial charge in [-0.25, -0.2) is 4.79 Å². The maximum Gasteiger partial charge on any atom is 0.416 e. The van der Waals surface area contributed by atoms with Gasteiger partial charge in [0.15, 0.2) is 0 Å². The monoisotopic (exact) mass is 505 g/mol. The third kappa shape index (κ3) is 4.59. The number of carbonyl (C=O) groups excluding carboxylic acids is 3. The Morgan fingerprint density at radius 1 is 1.19 bits per heavy atom. The maximum atomic E-state index is 13.8. The van der Waals surface area contributed by atoms with Crippen molar-refractivity contribution in [3.63, 3.8) is 0 Å². The third-order valence-electron chi connectivity index (χ3n) is 7.09. The summed E-state index contributed by atoms with van der Waals surface area (Å²) in [6.07, 6.45) is -3.20. The fourth-order valence-electron chi connectivity index (χ4n) is 5.07. The summed E-state index contributed by atoms with van der Waals surface area (Å²) in [5.74, 6) is -0.783. The number of nitrogens with one attached hydrogen (secondary N) is 1. The number of carbonyl (C=O) groups is 3. The van der Waals surface area contributed by atoms with Crippen molar-refractivity contribution in [3.05, 3.63) is 59.3 Å². The topological polar surface area (TPSA) is 76.2 Å². The minimum Gasteiger partial charge on any atom is -0.338 e. The zero-order chi connectivity index (χ0) is 26.2. The highest BCUT2D eigenvalue weighted by atomic mass is 19.4. The molecular weight excluding hydrogens is 475 g/mol. The van der Waals surface area contributed by atoms with Crippen molar-refractivity contribution in [2.24, 2.45) is 0 Å². The molecule has 8 nitrogen and oxygen atoms in total. The van der Waals surface area contributed by atoms with Crippen molar-refractivity contribution in [1.82, 2.24) is 24.9 Å². The molecule has 0 saturated carbocycles. The average molecular weight is 506 g/mol. The lowest BCUT2D eigenvalue weighted by molar-refractivity contribution is -0.143. The van der Waals surface area contributed by atoms with Gasteiger partial charge >= 0.3 is 12.2 Å². The van der Waals surface area contributed by atoms with E-state index in [1.54, 1.807) is 11.8 Å². The first-order valence-electron chi connectivity index (χ1n) is 12.0. The van der Waals surface area contributed by atoms with Gasteiger partial charge < -0.3 is 20.0 Å². The van der Waals surface area contributed by atoms with Crippen molar-refractivity contribution in [3.8, 4) is 0 Å². The minimum atomic E-state index is -4.68. The van der Waals surface area contributed by atoms with Gasteiger partial charge in [0.1, 0.15) is 6.04 Å². The molecule has 4 rings (SSSR count). The van der Waals surface area contributed by atoms with Crippen LogP contribution in [0.15, 0.2) is 48.2 Å². The fourth-order valence-corrected chi connectivity index (χ4v) is 5.07. The van der Waals surface area contributed by atoms with Crippen LogP contribution < -0.4 is 5.32 Å². The predicted octanol–water partition coefficient (Wildman–Crippen LogP) is 2.61. The van der Waals surface area contributed by atoms with E-state index < -0.39 is 35.8 Å². The number of likely N-dealkylation sites (N-methyl/N-ethyl adjacent to an activating group) is 1. The van der Waals surface area contributed by atoms with Crippen LogP contribution in [0.1, 0.15) is 31.0 Å². The highest BCUT2D eigenvalue weighted by molar-refractivity contribution is 6.03. The Labute approximate surface area is 208 Å². The van der Waals surface area contributed by atoms with E-state index in [0.717, 1.165) is 25.7 Å². The van der Waals surface area contributed by atoms with E-state index in [1.165, 1.54) is 34.1 Å². The molecule has 194 valence electrons. The van der Waals surface area contributed by atoms with Crippen molar-refractivity contribution in [1.29, 1.82) is 0 Å². The van der Waals surface area contributed by atoms with Crippen LogP contribution in [0.3, 0.4) is 0 Å². The molecule has 3 aliphatic rings. The molecular formula is C25H30F3N5O3.